The molecular weight excluding hydrogens is 476 g/mol. The summed E-state index contributed by atoms with van der Waals surface area (Å²) >= 11 is 1.53. The molecule has 1 aromatic rings. The average molecular weight is 511 g/mol. The molecule has 4 heterocycles. The van der Waals surface area contributed by atoms with Crippen LogP contribution in [0.4, 0.5) is 5.69 Å². The molecule has 1 spiro atoms. The summed E-state index contributed by atoms with van der Waals surface area (Å²) in [6.45, 7) is 8.09. The number of fused-ring (bicyclic) bond motifs is 2. The average Bonchev–Trinajstić information content (AvgIpc) is 3.20. The van der Waals surface area contributed by atoms with Gasteiger partial charge in [-0.1, -0.05) is 36.4 Å². The van der Waals surface area contributed by atoms with Crippen molar-refractivity contribution in [2.45, 2.75) is 62.1 Å². The van der Waals surface area contributed by atoms with Gasteiger partial charge in [0.15, 0.2) is 0 Å². The molecule has 0 bridgehead atoms. The zero-order chi connectivity index (χ0) is 25.8. The van der Waals surface area contributed by atoms with Gasteiger partial charge in [0, 0.05) is 17.0 Å². The molecule has 4 aliphatic heterocycles. The third kappa shape index (κ3) is 3.64. The predicted molar refractivity (Wildman–Crippen MR) is 140 cm³/mol. The Hall–Kier alpha value is -2.58. The first-order valence-electron chi connectivity index (χ1n) is 12.7. The molecule has 1 unspecified atom stereocenters. The third-order valence-corrected chi connectivity index (χ3v) is 9.88. The zero-order valence-electron chi connectivity index (χ0n) is 21.3. The van der Waals surface area contributed by atoms with E-state index >= 15 is 0 Å². The number of aliphatic hydroxyl groups is 1. The number of esters is 1. The maximum Gasteiger partial charge on any atom is 0.311 e. The van der Waals surface area contributed by atoms with E-state index in [1.807, 2.05) is 57.2 Å². The Balaban J connectivity index is 1.68. The number of likely N-dealkylation sites (tertiary alicyclic amines) is 1. The molecule has 0 aromatic heterocycles. The first-order chi connectivity index (χ1) is 17.1. The van der Waals surface area contributed by atoms with Gasteiger partial charge >= 0.3 is 5.97 Å². The van der Waals surface area contributed by atoms with Crippen LogP contribution in [0.5, 0.6) is 0 Å². The second kappa shape index (κ2) is 9.06. The number of hydrogen-bond donors (Lipinski definition) is 1. The highest BCUT2D eigenvalue weighted by molar-refractivity contribution is 8.02. The van der Waals surface area contributed by atoms with Gasteiger partial charge in [0.05, 0.1) is 35.8 Å². The van der Waals surface area contributed by atoms with Gasteiger partial charge in [-0.2, -0.15) is 0 Å². The van der Waals surface area contributed by atoms with Crippen LogP contribution in [-0.4, -0.2) is 69.1 Å². The molecule has 7 nitrogen and oxygen atoms in total. The zero-order valence-corrected chi connectivity index (χ0v) is 22.1. The Labute approximate surface area is 216 Å². The summed E-state index contributed by atoms with van der Waals surface area (Å²) in [6, 6.07) is 4.58. The minimum atomic E-state index is -0.952. The smallest absolute Gasteiger partial charge is 0.311 e. The fraction of sp³-hybridized carbons (Fsp3) is 0.536. The van der Waals surface area contributed by atoms with Crippen LogP contribution in [0.1, 0.15) is 37.8 Å². The molecule has 2 fully saturated rings. The standard InChI is InChI=1S/C28H34N2O5S/c1-17-9-10-18(2)20(15-17)29-13-8-12-28-21(24(32)30(19(3)16-31)23(28)25(29)33)22-26(34)35-14-7-5-6-11-27(22,4)36-28/h6,8-12,15,19,21-23,31H,5,7,13-14,16H2,1-4H3/b11-6-/t19-,21+,22+,23?,27-,28+/m1/s1. The molecule has 1 aromatic carbocycles. The summed E-state index contributed by atoms with van der Waals surface area (Å²) in [5.74, 6) is -2.34. The molecule has 8 heteroatoms. The van der Waals surface area contributed by atoms with Crippen LogP contribution >= 0.6 is 11.8 Å². The minimum Gasteiger partial charge on any atom is -0.465 e. The van der Waals surface area contributed by atoms with Crippen LogP contribution in [0, 0.1) is 25.7 Å². The molecule has 4 aliphatic rings. The van der Waals surface area contributed by atoms with E-state index in [9.17, 15) is 19.5 Å². The lowest BCUT2D eigenvalue weighted by Crippen LogP contribution is -2.56. The van der Waals surface area contributed by atoms with Crippen molar-refractivity contribution in [2.24, 2.45) is 11.8 Å². The largest absolute Gasteiger partial charge is 0.465 e. The van der Waals surface area contributed by atoms with Crippen molar-refractivity contribution in [3.8, 4) is 0 Å². The molecule has 0 aliphatic carbocycles. The Bertz CT molecular complexity index is 1160. The van der Waals surface area contributed by atoms with Crippen molar-refractivity contribution in [1.29, 1.82) is 0 Å². The Morgan fingerprint density at radius 1 is 1.14 bits per heavy atom. The lowest BCUT2D eigenvalue weighted by molar-refractivity contribution is -0.154. The normalized spacial score (nSPS) is 35.7. The van der Waals surface area contributed by atoms with Crippen LogP contribution in [0.25, 0.3) is 0 Å². The summed E-state index contributed by atoms with van der Waals surface area (Å²) < 4.78 is 3.99. The summed E-state index contributed by atoms with van der Waals surface area (Å²) in [5, 5.41) is 10.1. The van der Waals surface area contributed by atoms with Crippen LogP contribution in [0.3, 0.4) is 0 Å². The highest BCUT2D eigenvalue weighted by Crippen LogP contribution is 2.65. The first-order valence-corrected chi connectivity index (χ1v) is 13.5. The second-order valence-electron chi connectivity index (χ2n) is 10.6. The van der Waals surface area contributed by atoms with Crippen LogP contribution in [-0.2, 0) is 19.1 Å². The number of carbonyl (C=O) groups is 3. The minimum absolute atomic E-state index is 0.190. The number of hydrogen-bond acceptors (Lipinski definition) is 6. The maximum atomic E-state index is 14.4. The van der Waals surface area contributed by atoms with Gasteiger partial charge in [-0.15, -0.1) is 11.8 Å². The van der Waals surface area contributed by atoms with Gasteiger partial charge in [0.25, 0.3) is 5.91 Å². The number of allylic oxidation sites excluding steroid dienone is 1. The molecule has 2 saturated heterocycles. The number of aliphatic hydroxyl groups excluding tert-OH is 1. The molecule has 192 valence electrons. The molecule has 0 radical (unpaired) electrons. The lowest BCUT2D eigenvalue weighted by atomic mass is 9.74. The van der Waals surface area contributed by atoms with E-state index in [2.05, 4.69) is 6.08 Å². The van der Waals surface area contributed by atoms with E-state index in [1.165, 1.54) is 16.7 Å². The molecule has 2 amide bonds. The molecule has 6 atom stereocenters. The van der Waals surface area contributed by atoms with Gasteiger partial charge in [-0.05, 0) is 57.7 Å². The van der Waals surface area contributed by atoms with Gasteiger partial charge in [0.1, 0.15) is 6.04 Å². The van der Waals surface area contributed by atoms with Gasteiger partial charge < -0.3 is 19.6 Å². The van der Waals surface area contributed by atoms with Crippen LogP contribution in [0.15, 0.2) is 42.5 Å². The number of amides is 2. The summed E-state index contributed by atoms with van der Waals surface area (Å²) in [7, 11) is 0. The van der Waals surface area contributed by atoms with Crippen molar-refractivity contribution in [3.63, 3.8) is 0 Å². The molecule has 1 N–H and O–H groups in total. The van der Waals surface area contributed by atoms with E-state index < -0.39 is 33.4 Å². The monoisotopic (exact) mass is 510 g/mol. The maximum absolute atomic E-state index is 14.4. The Morgan fingerprint density at radius 3 is 2.67 bits per heavy atom. The van der Waals surface area contributed by atoms with E-state index in [1.54, 1.807) is 11.8 Å². The highest BCUT2D eigenvalue weighted by Gasteiger charge is 2.74. The number of anilines is 1. The van der Waals surface area contributed by atoms with Gasteiger partial charge in [0.2, 0.25) is 5.91 Å². The van der Waals surface area contributed by atoms with Crippen molar-refractivity contribution >= 4 is 35.2 Å². The fourth-order valence-corrected chi connectivity index (χ4v) is 8.50. The molecular formula is C28H34N2O5S. The first kappa shape index (κ1) is 25.1. The van der Waals surface area contributed by atoms with Crippen molar-refractivity contribution in [2.75, 3.05) is 24.7 Å². The number of thioether (sulfide) groups is 1. The summed E-state index contributed by atoms with van der Waals surface area (Å²) in [4.78, 5) is 45.3. The number of carbonyl (C=O) groups excluding carboxylic acids is 3. The number of benzene rings is 1. The number of nitrogens with zero attached hydrogens (tertiary/aromatic N) is 2. The summed E-state index contributed by atoms with van der Waals surface area (Å²) in [6.07, 6.45) is 9.58. The predicted octanol–water partition coefficient (Wildman–Crippen LogP) is 3.17. The van der Waals surface area contributed by atoms with Crippen LogP contribution < -0.4 is 4.90 Å². The molecule has 5 rings (SSSR count). The quantitative estimate of drug-likeness (QED) is 0.497. The van der Waals surface area contributed by atoms with Crippen molar-refractivity contribution < 1.29 is 24.2 Å². The lowest BCUT2D eigenvalue weighted by Gasteiger charge is -2.39. The third-order valence-electron chi connectivity index (χ3n) is 8.08. The second-order valence-corrected chi connectivity index (χ2v) is 12.4. The Kier molecular flexibility index (Phi) is 6.32. The van der Waals surface area contributed by atoms with Crippen molar-refractivity contribution in [1.82, 2.24) is 4.90 Å². The number of aryl methyl sites for hydroxylation is 2. The van der Waals surface area contributed by atoms with Gasteiger partial charge in [-0.25, -0.2) is 0 Å². The van der Waals surface area contributed by atoms with E-state index in [0.717, 1.165) is 29.7 Å². The fourth-order valence-electron chi connectivity index (χ4n) is 6.36. The number of ether oxygens (including phenoxy) is 1. The van der Waals surface area contributed by atoms with E-state index in [-0.39, 0.29) is 24.4 Å². The SMILES string of the molecule is Cc1ccc(C)c(N2CC=C[C@]34S[C@]5(C)/C=C\CCCOC(=O)[C@@H]5[C@H]3C(=O)N([C@H](C)CO)C4C2=O)c1. The van der Waals surface area contributed by atoms with E-state index in [0.29, 0.717) is 13.2 Å². The number of rotatable bonds is 3. The van der Waals surface area contributed by atoms with Gasteiger partial charge in [-0.3, -0.25) is 14.4 Å². The highest BCUT2D eigenvalue weighted by atomic mass is 32.2. The molecule has 0 saturated carbocycles. The van der Waals surface area contributed by atoms with Crippen LogP contribution in [0.2, 0.25) is 0 Å². The number of cyclic esters (lactones) is 1. The summed E-state index contributed by atoms with van der Waals surface area (Å²) in [5.41, 5.74) is 2.82. The Morgan fingerprint density at radius 2 is 1.92 bits per heavy atom. The van der Waals surface area contributed by atoms with Crippen molar-refractivity contribution in [3.05, 3.63) is 53.6 Å². The topological polar surface area (TPSA) is 87.2 Å². The molecule has 36 heavy (non-hydrogen) atoms. The van der Waals surface area contributed by atoms with E-state index in [4.69, 9.17) is 4.74 Å².